The van der Waals surface area contributed by atoms with E-state index in [4.69, 9.17) is 9.47 Å². The number of amides is 1. The largest absolute Gasteiger partial charge is 0.488 e. The van der Waals surface area contributed by atoms with Gasteiger partial charge in [0.15, 0.2) is 0 Å². The van der Waals surface area contributed by atoms with Crippen LogP contribution < -0.4 is 10.1 Å². The van der Waals surface area contributed by atoms with E-state index in [1.54, 1.807) is 18.3 Å². The molecule has 0 saturated carbocycles. The van der Waals surface area contributed by atoms with Crippen LogP contribution in [0, 0.1) is 0 Å². The van der Waals surface area contributed by atoms with Crippen molar-refractivity contribution in [3.8, 4) is 5.75 Å². The van der Waals surface area contributed by atoms with Gasteiger partial charge in [0.05, 0.1) is 24.9 Å². The van der Waals surface area contributed by atoms with Crippen LogP contribution in [0.4, 0.5) is 5.69 Å². The summed E-state index contributed by atoms with van der Waals surface area (Å²) in [7, 11) is 0. The lowest BCUT2D eigenvalue weighted by atomic mass is 10.2. The summed E-state index contributed by atoms with van der Waals surface area (Å²) in [4.78, 5) is 12.3. The highest BCUT2D eigenvalue weighted by Crippen LogP contribution is 2.20. The fourth-order valence-electron chi connectivity index (χ4n) is 2.70. The lowest BCUT2D eigenvalue weighted by molar-refractivity contribution is 0.102. The number of benzene rings is 2. The number of nitrogens with one attached hydrogen (secondary N) is 2. The van der Waals surface area contributed by atoms with Gasteiger partial charge in [0.2, 0.25) is 0 Å². The molecule has 3 aromatic rings. The normalized spacial score (nSPS) is 17.1. The first-order valence-electron chi connectivity index (χ1n) is 7.87. The number of aromatic amines is 1. The van der Waals surface area contributed by atoms with Crippen LogP contribution >= 0.6 is 0 Å². The Labute approximate surface area is 138 Å². The Hall–Kier alpha value is -2.86. The van der Waals surface area contributed by atoms with E-state index in [-0.39, 0.29) is 12.0 Å². The number of H-pyrrole nitrogens is 1. The van der Waals surface area contributed by atoms with E-state index in [9.17, 15) is 4.79 Å². The molecule has 1 aliphatic rings. The fraction of sp³-hybridized carbons (Fsp3) is 0.222. The molecule has 1 aromatic heterocycles. The van der Waals surface area contributed by atoms with Crippen molar-refractivity contribution < 1.29 is 14.3 Å². The monoisotopic (exact) mass is 323 g/mol. The van der Waals surface area contributed by atoms with E-state index in [1.165, 1.54) is 0 Å². The van der Waals surface area contributed by atoms with Gasteiger partial charge in [0, 0.05) is 23.1 Å². The standard InChI is InChI=1S/C18H17N3O3/c22-18(20-14-4-1-13-10-19-21-17(13)9-14)12-2-5-15(6-3-12)24-16-7-8-23-11-16/h1-6,9-10,16H,7-8,11H2,(H,19,21)(H,20,22)/t16-/m0/s1. The molecule has 1 fully saturated rings. The molecule has 0 aliphatic carbocycles. The van der Waals surface area contributed by atoms with Crippen LogP contribution in [0.25, 0.3) is 10.9 Å². The second-order valence-corrected chi connectivity index (χ2v) is 5.75. The van der Waals surface area contributed by atoms with Crippen molar-refractivity contribution in [1.29, 1.82) is 0 Å². The third-order valence-electron chi connectivity index (χ3n) is 4.01. The zero-order valence-electron chi connectivity index (χ0n) is 13.0. The minimum atomic E-state index is -0.162. The number of nitrogens with zero attached hydrogens (tertiary/aromatic N) is 1. The van der Waals surface area contributed by atoms with E-state index in [2.05, 4.69) is 15.5 Å². The van der Waals surface area contributed by atoms with Crippen LogP contribution in [-0.2, 0) is 4.74 Å². The van der Waals surface area contributed by atoms with Crippen molar-refractivity contribution >= 4 is 22.5 Å². The summed E-state index contributed by atoms with van der Waals surface area (Å²) in [5.74, 6) is 0.588. The maximum Gasteiger partial charge on any atom is 0.255 e. The zero-order valence-corrected chi connectivity index (χ0v) is 13.0. The Kier molecular flexibility index (Phi) is 3.88. The molecule has 6 nitrogen and oxygen atoms in total. The topological polar surface area (TPSA) is 76.2 Å². The van der Waals surface area contributed by atoms with Crippen molar-refractivity contribution in [2.75, 3.05) is 18.5 Å². The molecule has 1 saturated heterocycles. The Morgan fingerprint density at radius 2 is 2.12 bits per heavy atom. The molecule has 24 heavy (non-hydrogen) atoms. The number of carbonyl (C=O) groups excluding carboxylic acids is 1. The highest BCUT2D eigenvalue weighted by atomic mass is 16.5. The predicted molar refractivity (Wildman–Crippen MR) is 90.3 cm³/mol. The van der Waals surface area contributed by atoms with Crippen LogP contribution in [0.3, 0.4) is 0 Å². The van der Waals surface area contributed by atoms with E-state index < -0.39 is 0 Å². The van der Waals surface area contributed by atoms with Gasteiger partial charge >= 0.3 is 0 Å². The van der Waals surface area contributed by atoms with Gasteiger partial charge in [-0.05, 0) is 42.5 Å². The number of hydrogen-bond donors (Lipinski definition) is 2. The molecule has 0 bridgehead atoms. The van der Waals surface area contributed by atoms with Crippen LogP contribution in [0.15, 0.2) is 48.7 Å². The minimum absolute atomic E-state index is 0.103. The summed E-state index contributed by atoms with van der Waals surface area (Å²) in [6.45, 7) is 1.37. The molecular weight excluding hydrogens is 306 g/mol. The number of carbonyl (C=O) groups is 1. The lowest BCUT2D eigenvalue weighted by Crippen LogP contribution is -2.16. The Morgan fingerprint density at radius 1 is 1.25 bits per heavy atom. The fourth-order valence-corrected chi connectivity index (χ4v) is 2.70. The van der Waals surface area contributed by atoms with Crippen LogP contribution in [-0.4, -0.2) is 35.4 Å². The smallest absolute Gasteiger partial charge is 0.255 e. The summed E-state index contributed by atoms with van der Waals surface area (Å²) in [6.07, 6.45) is 2.75. The van der Waals surface area contributed by atoms with Gasteiger partial charge in [0.1, 0.15) is 11.9 Å². The first kappa shape index (κ1) is 14.7. The summed E-state index contributed by atoms with van der Waals surface area (Å²) < 4.78 is 11.1. The Bertz CT molecular complexity index is 851. The molecule has 6 heteroatoms. The molecular formula is C18H17N3O3. The third-order valence-corrected chi connectivity index (χ3v) is 4.01. The molecule has 2 aromatic carbocycles. The average molecular weight is 323 g/mol. The predicted octanol–water partition coefficient (Wildman–Crippen LogP) is 2.98. The quantitative estimate of drug-likeness (QED) is 0.774. The number of aromatic nitrogens is 2. The Morgan fingerprint density at radius 3 is 2.92 bits per heavy atom. The molecule has 2 heterocycles. The third kappa shape index (κ3) is 3.09. The molecule has 4 rings (SSSR count). The lowest BCUT2D eigenvalue weighted by Gasteiger charge is -2.12. The van der Waals surface area contributed by atoms with Gasteiger partial charge in [-0.1, -0.05) is 0 Å². The summed E-state index contributed by atoms with van der Waals surface area (Å²) in [5.41, 5.74) is 2.19. The molecule has 0 radical (unpaired) electrons. The first-order valence-corrected chi connectivity index (χ1v) is 7.87. The molecule has 1 amide bonds. The van der Waals surface area contributed by atoms with Crippen molar-refractivity contribution in [3.63, 3.8) is 0 Å². The van der Waals surface area contributed by atoms with Gasteiger partial charge in [0.25, 0.3) is 5.91 Å². The second-order valence-electron chi connectivity index (χ2n) is 5.75. The molecule has 1 atom stereocenters. The SMILES string of the molecule is O=C(Nc1ccc2cn[nH]c2c1)c1ccc(O[C@H]2CCOC2)cc1. The van der Waals surface area contributed by atoms with Gasteiger partial charge in [-0.2, -0.15) is 5.10 Å². The highest BCUT2D eigenvalue weighted by molar-refractivity contribution is 6.05. The number of anilines is 1. The highest BCUT2D eigenvalue weighted by Gasteiger charge is 2.17. The number of fused-ring (bicyclic) bond motifs is 1. The van der Waals surface area contributed by atoms with Crippen LogP contribution in [0.5, 0.6) is 5.75 Å². The summed E-state index contributed by atoms with van der Waals surface area (Å²) in [5, 5.41) is 10.7. The van der Waals surface area contributed by atoms with Crippen molar-refractivity contribution in [1.82, 2.24) is 10.2 Å². The van der Waals surface area contributed by atoms with E-state index in [0.29, 0.717) is 12.2 Å². The van der Waals surface area contributed by atoms with Crippen LogP contribution in [0.1, 0.15) is 16.8 Å². The number of rotatable bonds is 4. The molecule has 122 valence electrons. The van der Waals surface area contributed by atoms with Crippen molar-refractivity contribution in [2.45, 2.75) is 12.5 Å². The van der Waals surface area contributed by atoms with Gasteiger partial charge in [-0.25, -0.2) is 0 Å². The van der Waals surface area contributed by atoms with Gasteiger partial charge in [-0.3, -0.25) is 9.89 Å². The van der Waals surface area contributed by atoms with Crippen LogP contribution in [0.2, 0.25) is 0 Å². The first-order chi connectivity index (χ1) is 11.8. The van der Waals surface area contributed by atoms with Gasteiger partial charge < -0.3 is 14.8 Å². The summed E-state index contributed by atoms with van der Waals surface area (Å²) >= 11 is 0. The van der Waals surface area contributed by atoms with Crippen molar-refractivity contribution in [3.05, 3.63) is 54.2 Å². The Balaban J connectivity index is 1.43. The minimum Gasteiger partial charge on any atom is -0.488 e. The number of hydrogen-bond acceptors (Lipinski definition) is 4. The maximum absolute atomic E-state index is 12.3. The molecule has 0 spiro atoms. The molecule has 0 unspecified atom stereocenters. The number of ether oxygens (including phenoxy) is 2. The molecule has 1 aliphatic heterocycles. The van der Waals surface area contributed by atoms with Gasteiger partial charge in [-0.15, -0.1) is 0 Å². The average Bonchev–Trinajstić information content (AvgIpc) is 3.26. The van der Waals surface area contributed by atoms with E-state index in [1.807, 2.05) is 30.3 Å². The molecule has 2 N–H and O–H groups in total. The van der Waals surface area contributed by atoms with E-state index >= 15 is 0 Å². The van der Waals surface area contributed by atoms with E-state index in [0.717, 1.165) is 35.4 Å². The summed E-state index contributed by atoms with van der Waals surface area (Å²) in [6, 6.07) is 12.8. The zero-order chi connectivity index (χ0) is 16.4. The van der Waals surface area contributed by atoms with Crippen molar-refractivity contribution in [2.24, 2.45) is 0 Å². The maximum atomic E-state index is 12.3. The second kappa shape index (κ2) is 6.33.